The van der Waals surface area contributed by atoms with Crippen LogP contribution in [0.25, 0.3) is 10.8 Å². The normalized spacial score (nSPS) is 16.6. The lowest BCUT2D eigenvalue weighted by Gasteiger charge is -2.22. The lowest BCUT2D eigenvalue weighted by atomic mass is 9.90. The molecular formula is C17H20O2. The largest absolute Gasteiger partial charge is 0.504 e. The van der Waals surface area contributed by atoms with Gasteiger partial charge in [0.25, 0.3) is 0 Å². The van der Waals surface area contributed by atoms with Crippen LogP contribution in [0.15, 0.2) is 36.4 Å². The van der Waals surface area contributed by atoms with Gasteiger partial charge >= 0.3 is 0 Å². The average Bonchev–Trinajstić information content (AvgIpc) is 2.46. The smallest absolute Gasteiger partial charge is 0.161 e. The first-order chi connectivity index (χ1) is 9.33. The molecule has 0 radical (unpaired) electrons. The van der Waals surface area contributed by atoms with Crippen LogP contribution in [0.1, 0.15) is 32.1 Å². The Labute approximate surface area is 114 Å². The predicted molar refractivity (Wildman–Crippen MR) is 77.7 cm³/mol. The fraction of sp³-hybridized carbons (Fsp3) is 0.412. The highest BCUT2D eigenvalue weighted by Crippen LogP contribution is 2.32. The Morgan fingerprint density at radius 2 is 1.68 bits per heavy atom. The van der Waals surface area contributed by atoms with E-state index in [9.17, 15) is 5.11 Å². The standard InChI is InChI=1S/C17H20O2/c18-16-10-14-8-4-5-9-15(14)11-17(16)19-12-13-6-2-1-3-7-13/h4-5,8-11,13,18H,1-3,6-7,12H2. The van der Waals surface area contributed by atoms with Crippen molar-refractivity contribution in [3.05, 3.63) is 36.4 Å². The van der Waals surface area contributed by atoms with Gasteiger partial charge in [-0.1, -0.05) is 43.5 Å². The quantitative estimate of drug-likeness (QED) is 0.875. The van der Waals surface area contributed by atoms with Gasteiger partial charge in [-0.05, 0) is 41.7 Å². The van der Waals surface area contributed by atoms with Crippen molar-refractivity contribution in [1.29, 1.82) is 0 Å². The van der Waals surface area contributed by atoms with Crippen molar-refractivity contribution < 1.29 is 9.84 Å². The maximum Gasteiger partial charge on any atom is 0.161 e. The van der Waals surface area contributed by atoms with Crippen LogP contribution in [0.2, 0.25) is 0 Å². The molecule has 100 valence electrons. The van der Waals surface area contributed by atoms with E-state index in [0.717, 1.165) is 17.4 Å². The number of aromatic hydroxyl groups is 1. The molecule has 1 fully saturated rings. The second-order valence-corrected chi connectivity index (χ2v) is 5.48. The fourth-order valence-electron chi connectivity index (χ4n) is 2.88. The van der Waals surface area contributed by atoms with E-state index in [1.54, 1.807) is 6.07 Å². The van der Waals surface area contributed by atoms with Crippen LogP contribution in [-0.4, -0.2) is 11.7 Å². The maximum absolute atomic E-state index is 10.0. The Bertz CT molecular complexity index is 556. The van der Waals surface area contributed by atoms with Crippen molar-refractivity contribution in [1.82, 2.24) is 0 Å². The van der Waals surface area contributed by atoms with Crippen molar-refractivity contribution in [2.24, 2.45) is 5.92 Å². The van der Waals surface area contributed by atoms with E-state index in [1.807, 2.05) is 30.3 Å². The number of phenols is 1. The number of ether oxygens (including phenoxy) is 1. The Kier molecular flexibility index (Phi) is 3.58. The minimum absolute atomic E-state index is 0.245. The summed E-state index contributed by atoms with van der Waals surface area (Å²) in [5.74, 6) is 1.51. The summed E-state index contributed by atoms with van der Waals surface area (Å²) in [5, 5.41) is 12.2. The van der Waals surface area contributed by atoms with E-state index in [1.165, 1.54) is 32.1 Å². The minimum atomic E-state index is 0.245. The minimum Gasteiger partial charge on any atom is -0.504 e. The second kappa shape index (κ2) is 5.52. The summed E-state index contributed by atoms with van der Waals surface area (Å²) in [5.41, 5.74) is 0. The molecule has 2 aromatic rings. The highest BCUT2D eigenvalue weighted by Gasteiger charge is 2.15. The zero-order chi connectivity index (χ0) is 13.1. The lowest BCUT2D eigenvalue weighted by molar-refractivity contribution is 0.203. The van der Waals surface area contributed by atoms with E-state index in [4.69, 9.17) is 4.74 Å². The molecule has 1 N–H and O–H groups in total. The number of phenolic OH excluding ortho intramolecular Hbond substituents is 1. The molecule has 1 aliphatic rings. The molecule has 2 aromatic carbocycles. The molecule has 0 saturated heterocycles. The molecule has 1 aliphatic carbocycles. The Morgan fingerprint density at radius 3 is 2.42 bits per heavy atom. The predicted octanol–water partition coefficient (Wildman–Crippen LogP) is 4.50. The van der Waals surface area contributed by atoms with Gasteiger partial charge in [0.05, 0.1) is 6.61 Å². The first kappa shape index (κ1) is 12.3. The van der Waals surface area contributed by atoms with Crippen LogP contribution < -0.4 is 4.74 Å². The molecule has 0 amide bonds. The van der Waals surface area contributed by atoms with Crippen molar-refractivity contribution in [3.8, 4) is 11.5 Å². The van der Waals surface area contributed by atoms with Crippen LogP contribution in [0.4, 0.5) is 0 Å². The monoisotopic (exact) mass is 256 g/mol. The molecule has 3 rings (SSSR count). The van der Waals surface area contributed by atoms with Gasteiger partial charge in [0.15, 0.2) is 11.5 Å². The van der Waals surface area contributed by atoms with Crippen LogP contribution in [-0.2, 0) is 0 Å². The summed E-state index contributed by atoms with van der Waals surface area (Å²) < 4.78 is 5.83. The molecule has 2 heteroatoms. The molecule has 0 heterocycles. The molecule has 0 aromatic heterocycles. The zero-order valence-electron chi connectivity index (χ0n) is 11.1. The summed E-state index contributed by atoms with van der Waals surface area (Å²) in [6, 6.07) is 11.7. The lowest BCUT2D eigenvalue weighted by Crippen LogP contribution is -2.15. The van der Waals surface area contributed by atoms with Gasteiger partial charge < -0.3 is 9.84 Å². The third-order valence-corrected chi connectivity index (χ3v) is 4.03. The molecule has 0 unspecified atom stereocenters. The summed E-state index contributed by atoms with van der Waals surface area (Å²) in [4.78, 5) is 0. The topological polar surface area (TPSA) is 29.5 Å². The van der Waals surface area contributed by atoms with Gasteiger partial charge in [0.1, 0.15) is 0 Å². The fourth-order valence-corrected chi connectivity index (χ4v) is 2.88. The zero-order valence-corrected chi connectivity index (χ0v) is 11.1. The van der Waals surface area contributed by atoms with E-state index in [-0.39, 0.29) is 5.75 Å². The third kappa shape index (κ3) is 2.83. The molecule has 0 aliphatic heterocycles. The molecule has 0 spiro atoms. The van der Waals surface area contributed by atoms with E-state index in [2.05, 4.69) is 0 Å². The van der Waals surface area contributed by atoms with E-state index in [0.29, 0.717) is 11.7 Å². The number of hydrogen-bond acceptors (Lipinski definition) is 2. The number of fused-ring (bicyclic) bond motifs is 1. The summed E-state index contributed by atoms with van der Waals surface area (Å²) in [7, 11) is 0. The van der Waals surface area contributed by atoms with Crippen molar-refractivity contribution in [2.45, 2.75) is 32.1 Å². The molecule has 1 saturated carbocycles. The molecular weight excluding hydrogens is 236 g/mol. The SMILES string of the molecule is Oc1cc2ccccc2cc1OCC1CCCCC1. The number of hydrogen-bond donors (Lipinski definition) is 1. The van der Waals surface area contributed by atoms with Gasteiger partial charge in [-0.25, -0.2) is 0 Å². The van der Waals surface area contributed by atoms with Crippen LogP contribution >= 0.6 is 0 Å². The molecule has 19 heavy (non-hydrogen) atoms. The molecule has 2 nitrogen and oxygen atoms in total. The maximum atomic E-state index is 10.0. The van der Waals surface area contributed by atoms with Crippen molar-refractivity contribution in [2.75, 3.05) is 6.61 Å². The highest BCUT2D eigenvalue weighted by molar-refractivity contribution is 5.85. The summed E-state index contributed by atoms with van der Waals surface area (Å²) in [6.07, 6.45) is 6.51. The van der Waals surface area contributed by atoms with E-state index < -0.39 is 0 Å². The highest BCUT2D eigenvalue weighted by atomic mass is 16.5. The first-order valence-electron chi connectivity index (χ1n) is 7.17. The Balaban J connectivity index is 1.74. The molecule has 0 bridgehead atoms. The van der Waals surface area contributed by atoms with Crippen LogP contribution in [0.3, 0.4) is 0 Å². The average molecular weight is 256 g/mol. The summed E-state index contributed by atoms with van der Waals surface area (Å²) in [6.45, 7) is 0.728. The first-order valence-corrected chi connectivity index (χ1v) is 7.17. The summed E-state index contributed by atoms with van der Waals surface area (Å²) >= 11 is 0. The Morgan fingerprint density at radius 1 is 1.00 bits per heavy atom. The number of benzene rings is 2. The van der Waals surface area contributed by atoms with Crippen LogP contribution in [0, 0.1) is 5.92 Å². The van der Waals surface area contributed by atoms with Gasteiger partial charge in [0, 0.05) is 0 Å². The van der Waals surface area contributed by atoms with Gasteiger partial charge in [0.2, 0.25) is 0 Å². The molecule has 0 atom stereocenters. The van der Waals surface area contributed by atoms with Gasteiger partial charge in [-0.15, -0.1) is 0 Å². The van der Waals surface area contributed by atoms with Gasteiger partial charge in [-0.2, -0.15) is 0 Å². The van der Waals surface area contributed by atoms with Crippen LogP contribution in [0.5, 0.6) is 11.5 Å². The second-order valence-electron chi connectivity index (χ2n) is 5.48. The third-order valence-electron chi connectivity index (χ3n) is 4.03. The van der Waals surface area contributed by atoms with E-state index >= 15 is 0 Å². The van der Waals surface area contributed by atoms with Gasteiger partial charge in [-0.3, -0.25) is 0 Å². The van der Waals surface area contributed by atoms with Crippen molar-refractivity contribution >= 4 is 10.8 Å². The van der Waals surface area contributed by atoms with Crippen molar-refractivity contribution in [3.63, 3.8) is 0 Å². The number of rotatable bonds is 3. The Hall–Kier alpha value is -1.70.